The molecule has 0 fully saturated rings. The number of carbonyl (C=O) groups excluding carboxylic acids is 1. The number of nitrogens with zero attached hydrogens (tertiary/aromatic N) is 3. The normalized spacial score (nSPS) is 10.6. The summed E-state index contributed by atoms with van der Waals surface area (Å²) in [6.07, 6.45) is 2.91. The molecule has 0 aliphatic rings. The molecule has 0 spiro atoms. The van der Waals surface area contributed by atoms with Crippen molar-refractivity contribution in [2.24, 2.45) is 5.73 Å². The van der Waals surface area contributed by atoms with E-state index in [1.165, 1.54) is 35.1 Å². The van der Waals surface area contributed by atoms with Crippen molar-refractivity contribution in [3.63, 3.8) is 0 Å². The van der Waals surface area contributed by atoms with Gasteiger partial charge in [-0.05, 0) is 44.0 Å². The highest BCUT2D eigenvalue weighted by Gasteiger charge is 2.12. The molecule has 4 aromatic rings. The molecule has 0 atom stereocenters. The van der Waals surface area contributed by atoms with Crippen LogP contribution in [0.25, 0.3) is 20.2 Å². The maximum atomic E-state index is 11.1. The first-order chi connectivity index (χ1) is 14.8. The number of primary amides is 1. The van der Waals surface area contributed by atoms with E-state index in [2.05, 4.69) is 47.9 Å². The number of anilines is 2. The number of thiophene rings is 2. The van der Waals surface area contributed by atoms with E-state index in [4.69, 9.17) is 40.0 Å². The lowest BCUT2D eigenvalue weighted by Crippen LogP contribution is -2.11. The Kier molecular flexibility index (Phi) is 8.47. The molecule has 168 valence electrons. The summed E-state index contributed by atoms with van der Waals surface area (Å²) in [4.78, 5) is 18.9. The summed E-state index contributed by atoms with van der Waals surface area (Å²) in [6.45, 7) is 0. The third kappa shape index (κ3) is 6.80. The van der Waals surface area contributed by atoms with Crippen molar-refractivity contribution in [1.82, 2.24) is 9.97 Å². The fourth-order valence-electron chi connectivity index (χ4n) is 2.28. The monoisotopic (exact) mass is 622 g/mol. The predicted octanol–water partition coefficient (Wildman–Crippen LogP) is 3.60. The van der Waals surface area contributed by atoms with Crippen molar-refractivity contribution in [2.75, 3.05) is 11.5 Å². The van der Waals surface area contributed by atoms with Gasteiger partial charge in [-0.3, -0.25) is 13.9 Å². The third-order valence-electron chi connectivity index (χ3n) is 3.50. The number of amides is 1. The van der Waals surface area contributed by atoms with Crippen molar-refractivity contribution in [3.05, 3.63) is 43.2 Å². The molecule has 0 radical (unpaired) electrons. The largest absolute Gasteiger partial charge is 0.394 e. The summed E-state index contributed by atoms with van der Waals surface area (Å²) in [6, 6.07) is 5.79. The van der Waals surface area contributed by atoms with E-state index in [0.717, 1.165) is 27.7 Å². The van der Waals surface area contributed by atoms with Crippen molar-refractivity contribution in [3.8, 4) is 6.07 Å². The van der Waals surface area contributed by atoms with Crippen LogP contribution in [-0.4, -0.2) is 33.4 Å². The Morgan fingerprint density at radius 3 is 1.91 bits per heavy atom. The Labute approximate surface area is 205 Å². The van der Waals surface area contributed by atoms with Crippen molar-refractivity contribution < 1.29 is 22.3 Å². The number of nitrogens with two attached hydrogens (primary N) is 3. The number of pyridine rings is 2. The van der Waals surface area contributed by atoms with Gasteiger partial charge in [0.05, 0.1) is 28.1 Å². The molecule has 32 heavy (non-hydrogen) atoms. The van der Waals surface area contributed by atoms with Gasteiger partial charge in [-0.15, -0.1) is 22.7 Å². The van der Waals surface area contributed by atoms with Crippen molar-refractivity contribution in [2.45, 2.75) is 0 Å². The minimum absolute atomic E-state index is 0.407. The second-order valence-electron chi connectivity index (χ2n) is 5.62. The molecule has 8 N–H and O–H groups in total. The van der Waals surface area contributed by atoms with Crippen molar-refractivity contribution >= 4 is 103 Å². The lowest BCUT2D eigenvalue weighted by molar-refractivity contribution is 0.100. The number of hydrogen-bond acceptors (Lipinski definition) is 10. The molecule has 1 amide bonds. The van der Waals surface area contributed by atoms with E-state index < -0.39 is 16.3 Å². The van der Waals surface area contributed by atoms with Crippen LogP contribution in [0.5, 0.6) is 0 Å². The summed E-state index contributed by atoms with van der Waals surface area (Å²) in [5.74, 6) is 0.389. The number of rotatable bonds is 1. The molecule has 0 aliphatic heterocycles. The van der Waals surface area contributed by atoms with Gasteiger partial charge >= 0.3 is 10.4 Å². The lowest BCUT2D eigenvalue weighted by Gasteiger charge is -1.98. The van der Waals surface area contributed by atoms with Crippen LogP contribution in [0.4, 0.5) is 11.6 Å². The van der Waals surface area contributed by atoms with Crippen LogP contribution in [-0.2, 0) is 10.4 Å². The number of halogens is 2. The zero-order chi connectivity index (χ0) is 24.2. The third-order valence-corrected chi connectivity index (χ3v) is 6.84. The molecule has 16 heteroatoms. The van der Waals surface area contributed by atoms with Crippen LogP contribution >= 0.6 is 54.5 Å². The number of carbonyl (C=O) groups is 1. The number of nitriles is 1. The van der Waals surface area contributed by atoms with E-state index in [1.54, 1.807) is 0 Å². The fraction of sp³-hybridized carbons (Fsp3) is 0. The lowest BCUT2D eigenvalue weighted by atomic mass is 10.2. The first kappa shape index (κ1) is 25.9. The van der Waals surface area contributed by atoms with Crippen LogP contribution < -0.4 is 17.2 Å². The molecule has 0 unspecified atom stereocenters. The van der Waals surface area contributed by atoms with E-state index in [1.807, 2.05) is 12.1 Å². The smallest absolute Gasteiger partial charge is 0.383 e. The van der Waals surface area contributed by atoms with Crippen LogP contribution in [0.2, 0.25) is 0 Å². The standard InChI is InChI=1S/C8H6BrN3OS.C8H4BrN3S.H2O4S/c9-5-1-3-6(14-5)4(8(11)13)2-12-7(3)10;9-6-1-5-7(13-6)4(2-10)3-12-8(5)11;1-5(2,3)4/h1-2H,(H2,10,12)(H2,11,13);1,3H,(H2,11,12);(H2,1,2,3,4). The summed E-state index contributed by atoms with van der Waals surface area (Å²) in [5, 5.41) is 10.4. The molecule has 0 bridgehead atoms. The van der Waals surface area contributed by atoms with Gasteiger partial charge in [-0.25, -0.2) is 9.97 Å². The Hall–Kier alpha value is -2.39. The Balaban J connectivity index is 0.000000189. The zero-order valence-electron chi connectivity index (χ0n) is 15.5. The minimum atomic E-state index is -4.67. The van der Waals surface area contributed by atoms with E-state index in [0.29, 0.717) is 22.8 Å². The summed E-state index contributed by atoms with van der Waals surface area (Å²) < 4.78 is 35.1. The Morgan fingerprint density at radius 2 is 1.44 bits per heavy atom. The van der Waals surface area contributed by atoms with Crippen molar-refractivity contribution in [1.29, 1.82) is 5.26 Å². The van der Waals surface area contributed by atoms with Crippen LogP contribution in [0.15, 0.2) is 32.1 Å². The second kappa shape index (κ2) is 10.5. The highest BCUT2D eigenvalue weighted by atomic mass is 79.9. The van der Waals surface area contributed by atoms with Gasteiger partial charge in [0.2, 0.25) is 0 Å². The molecule has 0 saturated carbocycles. The predicted molar refractivity (Wildman–Crippen MR) is 131 cm³/mol. The molecule has 0 aromatic carbocycles. The number of fused-ring (bicyclic) bond motifs is 2. The minimum Gasteiger partial charge on any atom is -0.383 e. The van der Waals surface area contributed by atoms with Crippen LogP contribution in [0, 0.1) is 11.3 Å². The Bertz CT molecular complexity index is 1450. The number of nitrogen functional groups attached to an aromatic ring is 2. The first-order valence-electron chi connectivity index (χ1n) is 7.88. The summed E-state index contributed by atoms with van der Waals surface area (Å²) in [5.41, 5.74) is 17.5. The summed E-state index contributed by atoms with van der Waals surface area (Å²) in [7, 11) is -4.67. The van der Waals surface area contributed by atoms with Gasteiger partial charge in [0.25, 0.3) is 5.91 Å². The van der Waals surface area contributed by atoms with E-state index in [9.17, 15) is 4.79 Å². The molecule has 4 rings (SSSR count). The van der Waals surface area contributed by atoms with Gasteiger partial charge < -0.3 is 17.2 Å². The topological polar surface area (TPSA) is 219 Å². The highest BCUT2D eigenvalue weighted by molar-refractivity contribution is 9.11. The molecule has 0 saturated heterocycles. The Morgan fingerprint density at radius 1 is 1.00 bits per heavy atom. The molecule has 4 aromatic heterocycles. The van der Waals surface area contributed by atoms with Gasteiger partial charge in [0.1, 0.15) is 17.7 Å². The van der Waals surface area contributed by atoms with E-state index in [-0.39, 0.29) is 0 Å². The van der Waals surface area contributed by atoms with Gasteiger partial charge in [0.15, 0.2) is 0 Å². The molecule has 11 nitrogen and oxygen atoms in total. The van der Waals surface area contributed by atoms with Crippen LogP contribution in [0.3, 0.4) is 0 Å². The number of aromatic nitrogens is 2. The van der Waals surface area contributed by atoms with Crippen LogP contribution in [0.1, 0.15) is 15.9 Å². The van der Waals surface area contributed by atoms with E-state index >= 15 is 0 Å². The average Bonchev–Trinajstić information content (AvgIpc) is 3.25. The zero-order valence-corrected chi connectivity index (χ0v) is 21.1. The molecular weight excluding hydrogens is 612 g/mol. The second-order valence-corrected chi connectivity index (χ2v) is 11.4. The average molecular weight is 624 g/mol. The van der Waals surface area contributed by atoms with Gasteiger partial charge in [-0.1, -0.05) is 0 Å². The molecular formula is C16H12Br2N6O5S3. The first-order valence-corrected chi connectivity index (χ1v) is 12.5. The fourth-order valence-corrected chi connectivity index (χ4v) is 5.47. The maximum absolute atomic E-state index is 11.1. The highest BCUT2D eigenvalue weighted by Crippen LogP contribution is 2.35. The summed E-state index contributed by atoms with van der Waals surface area (Å²) >= 11 is 9.58. The SMILES string of the molecule is N#Cc1cnc(N)c2cc(Br)sc12.NC(=O)c1cnc(N)c2cc(Br)sc12.O=S(=O)(O)O. The number of hydrogen-bond donors (Lipinski definition) is 5. The maximum Gasteiger partial charge on any atom is 0.394 e. The van der Waals surface area contributed by atoms with Gasteiger partial charge in [0, 0.05) is 23.2 Å². The molecule has 4 heterocycles. The quantitative estimate of drug-likeness (QED) is 0.194. The molecule has 0 aliphatic carbocycles. The van der Waals surface area contributed by atoms with Gasteiger partial charge in [-0.2, -0.15) is 13.7 Å².